The van der Waals surface area contributed by atoms with Gasteiger partial charge in [-0.3, -0.25) is 46.8 Å². The number of H-pyrrole nitrogens is 2. The maximum atomic E-state index is 13.6. The summed E-state index contributed by atoms with van der Waals surface area (Å²) in [7, 11) is -20.9. The minimum Gasteiger partial charge on any atom is -0.387 e. The molecular weight excluding hydrogens is 1060 g/mol. The van der Waals surface area contributed by atoms with E-state index in [1.807, 2.05) is 4.98 Å². The summed E-state index contributed by atoms with van der Waals surface area (Å²) in [5.41, 5.74) is 9.23. The molecule has 72 heavy (non-hydrogen) atoms. The Bertz CT molecular complexity index is 3070. The number of imidazole rings is 1. The summed E-state index contributed by atoms with van der Waals surface area (Å²) >= 11 is 0. The lowest BCUT2D eigenvalue weighted by Gasteiger charge is -2.29. The number of phosphoric acid groups is 4. The predicted molar refractivity (Wildman–Crippen MR) is 230 cm³/mol. The largest absolute Gasteiger partial charge is 0.490 e. The molecule has 0 bridgehead atoms. The molecule has 0 radical (unpaired) electrons. The zero-order valence-corrected chi connectivity index (χ0v) is 40.2. The first-order valence-electron chi connectivity index (χ1n) is 20.4. The summed E-state index contributed by atoms with van der Waals surface area (Å²) in [4.78, 5) is 96.0. The number of phosphoric ester groups is 3. The number of hydrogen-bond donors (Lipinski definition) is 13. The van der Waals surface area contributed by atoms with Gasteiger partial charge in [0, 0.05) is 19.4 Å². The Kier molecular flexibility index (Phi) is 15.2. The Morgan fingerprint density at radius 3 is 2.06 bits per heavy atom. The number of fused-ring (bicyclic) bond motifs is 2. The molecule has 0 spiro atoms. The van der Waals surface area contributed by atoms with Crippen molar-refractivity contribution < 1.29 is 108 Å². The van der Waals surface area contributed by atoms with Crippen molar-refractivity contribution in [2.24, 2.45) is 7.05 Å². The Morgan fingerprint density at radius 2 is 1.40 bits per heavy atom. The van der Waals surface area contributed by atoms with Crippen LogP contribution in [0.4, 0.5) is 23.3 Å². The summed E-state index contributed by atoms with van der Waals surface area (Å²) in [6, 6.07) is 0.924. The third-order valence-corrected chi connectivity index (χ3v) is 16.4. The predicted octanol–water partition coefficient (Wildman–Crippen LogP) is -5.21. The van der Waals surface area contributed by atoms with Gasteiger partial charge in [0.05, 0.1) is 33.5 Å². The fourth-order valence-electron chi connectivity index (χ4n) is 7.98. The molecule has 0 aromatic carbocycles. The molecule has 4 aliphatic heterocycles. The van der Waals surface area contributed by atoms with E-state index in [1.54, 1.807) is 0 Å². The molecule has 3 fully saturated rings. The highest BCUT2D eigenvalue weighted by molar-refractivity contribution is 7.66. The van der Waals surface area contributed by atoms with Gasteiger partial charge < -0.3 is 80.6 Å². The van der Waals surface area contributed by atoms with Gasteiger partial charge in [-0.15, -0.1) is 0 Å². The van der Waals surface area contributed by atoms with Gasteiger partial charge >= 0.3 is 42.6 Å². The van der Waals surface area contributed by atoms with E-state index >= 15 is 0 Å². The van der Waals surface area contributed by atoms with Gasteiger partial charge in [-0.25, -0.2) is 37.6 Å². The number of methoxy groups -OCH3 is 1. The summed E-state index contributed by atoms with van der Waals surface area (Å²) < 4.78 is 107. The Morgan fingerprint density at radius 1 is 0.792 bits per heavy atom. The Balaban J connectivity index is 0.922. The quantitative estimate of drug-likeness (QED) is 0.0308. The van der Waals surface area contributed by atoms with Crippen LogP contribution in [0.3, 0.4) is 0 Å². The second-order valence-electron chi connectivity index (χ2n) is 15.9. The van der Waals surface area contributed by atoms with Crippen molar-refractivity contribution in [2.45, 2.75) is 73.6 Å². The first-order valence-corrected chi connectivity index (χ1v) is 26.4. The van der Waals surface area contributed by atoms with Crippen molar-refractivity contribution in [3.63, 3.8) is 0 Å². The number of anilines is 4. The molecule has 4 aliphatic rings. The molecule has 3 saturated heterocycles. The number of nitrogens with one attached hydrogen (secondary N) is 3. The second kappa shape index (κ2) is 20.3. The molecule has 0 saturated carbocycles. The highest BCUT2D eigenvalue weighted by Gasteiger charge is 2.55. The average Bonchev–Trinajstić information content (AvgIpc) is 4.07. The van der Waals surface area contributed by atoms with Gasteiger partial charge in [0.15, 0.2) is 30.4 Å². The molecule has 4 aromatic heterocycles. The smallest absolute Gasteiger partial charge is 0.387 e. The number of ether oxygens (including phenoxy) is 4. The highest BCUT2D eigenvalue weighted by atomic mass is 31.3. The summed E-state index contributed by atoms with van der Waals surface area (Å²) in [6.07, 6.45) is -17.0. The number of aryl methyl sites for hydroxylation is 1. The maximum absolute atomic E-state index is 13.6. The molecule has 41 heteroatoms. The van der Waals surface area contributed by atoms with Crippen LogP contribution in [-0.4, -0.2) is 169 Å². The minimum absolute atomic E-state index is 0.00642. The fraction of sp³-hybridized carbons (Fsp3) is 0.581. The van der Waals surface area contributed by atoms with Crippen LogP contribution in [0.15, 0.2) is 39.3 Å². The SMILES string of the molecule is CO[C@@H]1[C@H](OP(=O)(O)OC[C@H]2O[C@H](n3ccc(=O)[nH]c3=O)[C@H](O)[C@@H]2O)[C@@H](COP(=O)(O)OP(=O)(O)OP(=O)(O)OC[C@H]2O[C@@H]([n+]3cn(C)c4c(=O)[nH]c(N)nc43)[C@H](O)[C@@H]2O)O[C@H]1N1CNc2c(N)ncnc21. The highest BCUT2D eigenvalue weighted by Crippen LogP contribution is 2.68. The van der Waals surface area contributed by atoms with Crippen LogP contribution in [0, 0.1) is 0 Å². The third-order valence-electron chi connectivity index (χ3n) is 11.2. The van der Waals surface area contributed by atoms with E-state index in [-0.39, 0.29) is 41.1 Å². The van der Waals surface area contributed by atoms with Crippen LogP contribution in [0.2, 0.25) is 0 Å². The van der Waals surface area contributed by atoms with Crippen LogP contribution >= 0.6 is 31.3 Å². The van der Waals surface area contributed by atoms with E-state index in [9.17, 15) is 72.6 Å². The van der Waals surface area contributed by atoms with Gasteiger partial charge in [-0.2, -0.15) is 8.62 Å². The number of aliphatic hydroxyl groups is 4. The first-order chi connectivity index (χ1) is 33.7. The van der Waals surface area contributed by atoms with Crippen molar-refractivity contribution in [1.29, 1.82) is 0 Å². The lowest BCUT2D eigenvalue weighted by atomic mass is 10.1. The third kappa shape index (κ3) is 11.1. The lowest BCUT2D eigenvalue weighted by molar-refractivity contribution is -0.745. The van der Waals surface area contributed by atoms with Gasteiger partial charge in [0.1, 0.15) is 67.0 Å². The van der Waals surface area contributed by atoms with Crippen molar-refractivity contribution in [3.05, 3.63) is 56.1 Å². The van der Waals surface area contributed by atoms with E-state index in [0.717, 1.165) is 34.8 Å². The topological polar surface area (TPSA) is 525 Å². The Labute approximate surface area is 399 Å². The normalized spacial score (nSPS) is 31.7. The van der Waals surface area contributed by atoms with E-state index in [2.05, 4.69) is 38.4 Å². The molecule has 4 aromatic rings. The van der Waals surface area contributed by atoms with E-state index in [0.29, 0.717) is 0 Å². The zero-order valence-electron chi connectivity index (χ0n) is 36.7. The molecule has 4 unspecified atom stereocenters. The van der Waals surface area contributed by atoms with E-state index < -0.39 is 142 Å². The number of hydrogen-bond acceptors (Lipinski definition) is 28. The molecule has 0 amide bonds. The number of aromatic amines is 2. The van der Waals surface area contributed by atoms with Crippen molar-refractivity contribution in [2.75, 3.05) is 55.3 Å². The summed E-state index contributed by atoms with van der Waals surface area (Å²) in [5, 5.41) is 45.6. The molecule has 15 N–H and O–H groups in total. The Hall–Kier alpha value is -4.49. The summed E-state index contributed by atoms with van der Waals surface area (Å²) in [6.45, 7) is -3.53. The van der Waals surface area contributed by atoms with Crippen molar-refractivity contribution in [3.8, 4) is 0 Å². The summed E-state index contributed by atoms with van der Waals surface area (Å²) in [5.74, 6) is -0.206. The van der Waals surface area contributed by atoms with Crippen LogP contribution in [0.1, 0.15) is 12.5 Å². The molecular formula is C31H45N12O25P4+. The van der Waals surface area contributed by atoms with Gasteiger partial charge in [0.25, 0.3) is 17.1 Å². The van der Waals surface area contributed by atoms with E-state index in [1.165, 1.54) is 22.8 Å². The monoisotopic (exact) mass is 1110 g/mol. The van der Waals surface area contributed by atoms with Gasteiger partial charge in [0.2, 0.25) is 11.7 Å². The van der Waals surface area contributed by atoms with Crippen LogP contribution in [-0.2, 0) is 71.0 Å². The van der Waals surface area contributed by atoms with Crippen molar-refractivity contribution in [1.82, 2.24) is 34.1 Å². The second-order valence-corrected chi connectivity index (χ2v) is 21.9. The minimum atomic E-state index is -6.19. The van der Waals surface area contributed by atoms with Crippen molar-refractivity contribution >= 4 is 65.7 Å². The number of nitrogen functional groups attached to an aromatic ring is 2. The molecule has 0 aliphatic carbocycles. The van der Waals surface area contributed by atoms with Crippen LogP contribution in [0.25, 0.3) is 11.2 Å². The number of aromatic nitrogens is 8. The average molecular weight is 1110 g/mol. The number of nitrogens with two attached hydrogens (primary N) is 2. The lowest BCUT2D eigenvalue weighted by Crippen LogP contribution is -2.46. The number of nitrogens with zero attached hydrogens (tertiary/aromatic N) is 7. The van der Waals surface area contributed by atoms with Crippen LogP contribution in [0.5, 0.6) is 0 Å². The standard InChI is InChI=1S/C31H44N12O25P4/c1-40-10-43(25-16(40)26(49)39-30(33)38-25)28-20(48)18(46)12(64-28)6-61-70(53,54)67-72(57,58)68-71(55,56)62-7-13-21(22(59-2)29(65-13)42-9-36-15-23(32)34-8-35-24(15)42)66-69(51,52)60-5-11-17(45)19(47)27(63-11)41-4-3-14(44)37-31(41)50/h3-4,8,10-13,17-22,27-29,36,45-48H,5-7,9H2,1-2H3,(H9-,32,33,34,35,37,38,39,44,49,50,51,52,53,54,55,56,57,58)/p+1/t11-,12-,13-,17-,18-,19-,20-,21-,22-,27+,28-,29-/m1/s1. The molecule has 8 heterocycles. The van der Waals surface area contributed by atoms with Gasteiger partial charge in [-0.1, -0.05) is 4.98 Å². The number of aliphatic hydroxyl groups excluding tert-OH is 4. The molecule has 398 valence electrons. The number of rotatable bonds is 19. The zero-order chi connectivity index (χ0) is 52.4. The van der Waals surface area contributed by atoms with Gasteiger partial charge in [-0.05, 0) is 0 Å². The fourth-order valence-corrected chi connectivity index (χ4v) is 12.5. The molecule has 16 atom stereocenters. The molecule has 8 rings (SSSR count). The first kappa shape index (κ1) is 53.8. The van der Waals surface area contributed by atoms with E-state index in [4.69, 9.17) is 44.0 Å². The van der Waals surface area contributed by atoms with Crippen LogP contribution < -0.4 is 43.1 Å². The maximum Gasteiger partial charge on any atom is 0.490 e. The molecule has 37 nitrogen and oxygen atoms in total.